The minimum Gasteiger partial charge on any atom is -0.325 e. The van der Waals surface area contributed by atoms with Gasteiger partial charge in [0.15, 0.2) is 5.16 Å². The molecule has 4 rings (SSSR count). The van der Waals surface area contributed by atoms with Gasteiger partial charge in [0, 0.05) is 17.8 Å². The number of non-ortho nitro benzene ring substituents is 1. The summed E-state index contributed by atoms with van der Waals surface area (Å²) in [6.07, 6.45) is 0. The topological polar surface area (TPSA) is 107 Å². The van der Waals surface area contributed by atoms with Crippen LogP contribution in [0.15, 0.2) is 82.7 Å². The second kappa shape index (κ2) is 9.25. The maximum atomic E-state index is 13.4. The fraction of sp³-hybridized carbons (Fsp3) is 0.125. The normalized spacial score (nSPS) is 11.8. The molecule has 0 aliphatic rings. The zero-order chi connectivity index (χ0) is 23.5. The average Bonchev–Trinajstić information content (AvgIpc) is 2.80. The summed E-state index contributed by atoms with van der Waals surface area (Å²) < 4.78 is 1.54. The molecule has 33 heavy (non-hydrogen) atoms. The van der Waals surface area contributed by atoms with Gasteiger partial charge in [-0.1, -0.05) is 42.1 Å². The van der Waals surface area contributed by atoms with E-state index in [1.807, 2.05) is 37.3 Å². The van der Waals surface area contributed by atoms with Crippen LogP contribution in [0.1, 0.15) is 12.5 Å². The Bertz CT molecular complexity index is 1420. The standard InChI is InChI=1S/C24H20N4O4S/c1-15-7-3-6-10-21(15)27-23(30)19-8-4-5-9-20(19)26-24(27)33-16(2)22(29)25-17-11-13-18(14-12-17)28(31)32/h3-14,16H,1-2H3,(H,25,29). The van der Waals surface area contributed by atoms with Crippen LogP contribution in [0.4, 0.5) is 11.4 Å². The minimum atomic E-state index is -0.594. The first-order valence-electron chi connectivity index (χ1n) is 10.1. The third-order valence-electron chi connectivity index (χ3n) is 5.10. The number of aromatic nitrogens is 2. The predicted molar refractivity (Wildman–Crippen MR) is 129 cm³/mol. The summed E-state index contributed by atoms with van der Waals surface area (Å²) in [4.78, 5) is 41.2. The number of carbonyl (C=O) groups excluding carboxylic acids is 1. The number of nitrogens with zero attached hydrogens (tertiary/aromatic N) is 3. The third-order valence-corrected chi connectivity index (χ3v) is 6.15. The van der Waals surface area contributed by atoms with Crippen molar-refractivity contribution in [3.63, 3.8) is 0 Å². The number of carbonyl (C=O) groups is 1. The van der Waals surface area contributed by atoms with Crippen LogP contribution in [0.5, 0.6) is 0 Å². The number of anilines is 1. The summed E-state index contributed by atoms with van der Waals surface area (Å²) in [6, 6.07) is 20.2. The highest BCUT2D eigenvalue weighted by molar-refractivity contribution is 8.00. The molecule has 9 heteroatoms. The van der Waals surface area contributed by atoms with Crippen LogP contribution in [0.2, 0.25) is 0 Å². The van der Waals surface area contributed by atoms with Crippen molar-refractivity contribution in [2.24, 2.45) is 0 Å². The van der Waals surface area contributed by atoms with Crippen molar-refractivity contribution in [3.05, 3.63) is 98.8 Å². The second-order valence-corrected chi connectivity index (χ2v) is 8.70. The predicted octanol–water partition coefficient (Wildman–Crippen LogP) is 4.72. The first kappa shape index (κ1) is 22.2. The summed E-state index contributed by atoms with van der Waals surface area (Å²) in [6.45, 7) is 3.63. The molecule has 1 amide bonds. The van der Waals surface area contributed by atoms with E-state index in [9.17, 15) is 19.7 Å². The zero-order valence-corrected chi connectivity index (χ0v) is 18.7. The first-order chi connectivity index (χ1) is 15.8. The Morgan fingerprint density at radius 3 is 2.42 bits per heavy atom. The van der Waals surface area contributed by atoms with Gasteiger partial charge in [-0.25, -0.2) is 4.98 Å². The highest BCUT2D eigenvalue weighted by Gasteiger charge is 2.21. The minimum absolute atomic E-state index is 0.0574. The number of aryl methyl sites for hydroxylation is 1. The number of fused-ring (bicyclic) bond motifs is 1. The van der Waals surface area contributed by atoms with Gasteiger partial charge in [-0.05, 0) is 49.7 Å². The number of nitro benzene ring substituents is 1. The van der Waals surface area contributed by atoms with E-state index in [2.05, 4.69) is 10.3 Å². The van der Waals surface area contributed by atoms with Gasteiger partial charge in [0.2, 0.25) is 5.91 Å². The molecule has 0 saturated heterocycles. The Hall–Kier alpha value is -3.98. The summed E-state index contributed by atoms with van der Waals surface area (Å²) in [5.74, 6) is -0.312. The molecule has 1 aromatic heterocycles. The molecule has 0 fully saturated rings. The van der Waals surface area contributed by atoms with E-state index in [0.717, 1.165) is 5.56 Å². The Kier molecular flexibility index (Phi) is 6.23. The van der Waals surface area contributed by atoms with Crippen molar-refractivity contribution in [3.8, 4) is 5.69 Å². The summed E-state index contributed by atoms with van der Waals surface area (Å²) in [7, 11) is 0. The molecule has 3 aromatic carbocycles. The number of hydrogen-bond acceptors (Lipinski definition) is 6. The highest BCUT2D eigenvalue weighted by atomic mass is 32.2. The molecule has 0 aliphatic carbocycles. The van der Waals surface area contributed by atoms with Crippen LogP contribution < -0.4 is 10.9 Å². The molecular formula is C24H20N4O4S. The van der Waals surface area contributed by atoms with Crippen LogP contribution in [-0.2, 0) is 4.79 Å². The molecule has 0 bridgehead atoms. The molecule has 0 radical (unpaired) electrons. The number of thioether (sulfide) groups is 1. The Labute approximate surface area is 193 Å². The summed E-state index contributed by atoms with van der Waals surface area (Å²) >= 11 is 1.17. The Balaban J connectivity index is 1.68. The van der Waals surface area contributed by atoms with Crippen molar-refractivity contribution < 1.29 is 9.72 Å². The molecule has 8 nitrogen and oxygen atoms in total. The van der Waals surface area contributed by atoms with Gasteiger partial charge < -0.3 is 5.32 Å². The molecule has 1 unspecified atom stereocenters. The van der Waals surface area contributed by atoms with Crippen molar-refractivity contribution >= 4 is 39.9 Å². The van der Waals surface area contributed by atoms with Gasteiger partial charge in [0.1, 0.15) is 0 Å². The number of nitro groups is 1. The zero-order valence-electron chi connectivity index (χ0n) is 17.9. The summed E-state index contributed by atoms with van der Waals surface area (Å²) in [5, 5.41) is 13.9. The van der Waals surface area contributed by atoms with Crippen LogP contribution in [-0.4, -0.2) is 25.6 Å². The van der Waals surface area contributed by atoms with E-state index >= 15 is 0 Å². The monoisotopic (exact) mass is 460 g/mol. The van der Waals surface area contributed by atoms with E-state index in [0.29, 0.717) is 27.4 Å². The molecule has 1 atom stereocenters. The quantitative estimate of drug-likeness (QED) is 0.193. The molecule has 1 heterocycles. The van der Waals surface area contributed by atoms with Crippen molar-refractivity contribution in [1.82, 2.24) is 9.55 Å². The molecule has 0 spiro atoms. The average molecular weight is 461 g/mol. The Morgan fingerprint density at radius 1 is 1.06 bits per heavy atom. The van der Waals surface area contributed by atoms with E-state index in [4.69, 9.17) is 0 Å². The van der Waals surface area contributed by atoms with Crippen LogP contribution in [0.25, 0.3) is 16.6 Å². The van der Waals surface area contributed by atoms with E-state index in [1.165, 1.54) is 40.6 Å². The smallest absolute Gasteiger partial charge is 0.269 e. The Morgan fingerprint density at radius 2 is 1.73 bits per heavy atom. The molecule has 0 aliphatic heterocycles. The van der Waals surface area contributed by atoms with Gasteiger partial charge in [0.25, 0.3) is 11.2 Å². The summed E-state index contributed by atoms with van der Waals surface area (Å²) in [5.41, 5.74) is 2.34. The molecule has 166 valence electrons. The second-order valence-electron chi connectivity index (χ2n) is 7.39. The van der Waals surface area contributed by atoms with E-state index < -0.39 is 10.2 Å². The number of para-hydroxylation sites is 2. The van der Waals surface area contributed by atoms with Gasteiger partial charge in [0.05, 0.1) is 26.8 Å². The lowest BCUT2D eigenvalue weighted by Gasteiger charge is -2.17. The highest BCUT2D eigenvalue weighted by Crippen LogP contribution is 2.27. The lowest BCUT2D eigenvalue weighted by Crippen LogP contribution is -2.26. The number of amides is 1. The third kappa shape index (κ3) is 4.63. The molecular weight excluding hydrogens is 440 g/mol. The van der Waals surface area contributed by atoms with Crippen molar-refractivity contribution in [2.75, 3.05) is 5.32 Å². The number of benzene rings is 3. The number of hydrogen-bond donors (Lipinski definition) is 1. The van der Waals surface area contributed by atoms with Gasteiger partial charge >= 0.3 is 0 Å². The van der Waals surface area contributed by atoms with Gasteiger partial charge in [-0.15, -0.1) is 0 Å². The van der Waals surface area contributed by atoms with Crippen LogP contribution in [0, 0.1) is 17.0 Å². The SMILES string of the molecule is Cc1ccccc1-n1c(SC(C)C(=O)Nc2ccc([N+](=O)[O-])cc2)nc2ccccc2c1=O. The maximum Gasteiger partial charge on any atom is 0.269 e. The fourth-order valence-electron chi connectivity index (χ4n) is 3.34. The maximum absolute atomic E-state index is 13.4. The van der Waals surface area contributed by atoms with Crippen LogP contribution in [0.3, 0.4) is 0 Å². The lowest BCUT2D eigenvalue weighted by molar-refractivity contribution is -0.384. The molecule has 0 saturated carbocycles. The van der Waals surface area contributed by atoms with Crippen molar-refractivity contribution in [2.45, 2.75) is 24.3 Å². The van der Waals surface area contributed by atoms with Crippen molar-refractivity contribution in [1.29, 1.82) is 0 Å². The van der Waals surface area contributed by atoms with E-state index in [1.54, 1.807) is 25.1 Å². The van der Waals surface area contributed by atoms with Crippen LogP contribution >= 0.6 is 11.8 Å². The molecule has 4 aromatic rings. The largest absolute Gasteiger partial charge is 0.325 e. The number of nitrogens with one attached hydrogen (secondary N) is 1. The first-order valence-corrected chi connectivity index (χ1v) is 11.0. The fourth-order valence-corrected chi connectivity index (χ4v) is 4.26. The lowest BCUT2D eigenvalue weighted by atomic mass is 10.2. The van der Waals surface area contributed by atoms with Gasteiger partial charge in [-0.3, -0.25) is 24.3 Å². The van der Waals surface area contributed by atoms with Gasteiger partial charge in [-0.2, -0.15) is 0 Å². The number of rotatable bonds is 6. The molecule has 1 N–H and O–H groups in total. The van der Waals surface area contributed by atoms with E-state index in [-0.39, 0.29) is 17.2 Å².